The van der Waals surface area contributed by atoms with Gasteiger partial charge in [0.15, 0.2) is 6.61 Å². The van der Waals surface area contributed by atoms with Crippen LogP contribution in [0.5, 0.6) is 11.5 Å². The van der Waals surface area contributed by atoms with Gasteiger partial charge in [-0.3, -0.25) is 9.59 Å². The molecule has 1 fully saturated rings. The number of sulfonamides is 1. The van der Waals surface area contributed by atoms with Gasteiger partial charge >= 0.3 is 0 Å². The fourth-order valence-electron chi connectivity index (χ4n) is 3.59. The largest absolute Gasteiger partial charge is 0.497 e. The van der Waals surface area contributed by atoms with Gasteiger partial charge in [0.2, 0.25) is 15.9 Å². The molecule has 1 atom stereocenters. The van der Waals surface area contributed by atoms with E-state index < -0.39 is 16.1 Å². The maximum absolute atomic E-state index is 13.0. The molecule has 0 saturated carbocycles. The van der Waals surface area contributed by atoms with Crippen LogP contribution in [0, 0.1) is 0 Å². The second kappa shape index (κ2) is 12.0. The number of hydrogen-bond acceptors (Lipinski definition) is 7. The summed E-state index contributed by atoms with van der Waals surface area (Å²) in [4.78, 5) is 26.8. The number of morpholine rings is 1. The molecular weight excluding hydrogens is 474 g/mol. The fraction of sp³-hybridized carbons (Fsp3) is 0.417. The summed E-state index contributed by atoms with van der Waals surface area (Å²) in [5.41, 5.74) is 0.826. The van der Waals surface area contributed by atoms with E-state index in [9.17, 15) is 18.0 Å². The summed E-state index contributed by atoms with van der Waals surface area (Å²) >= 11 is 0. The van der Waals surface area contributed by atoms with E-state index in [2.05, 4.69) is 5.32 Å². The number of amides is 2. The van der Waals surface area contributed by atoms with Crippen LogP contribution in [-0.4, -0.2) is 82.5 Å². The summed E-state index contributed by atoms with van der Waals surface area (Å²) < 4.78 is 42.9. The summed E-state index contributed by atoms with van der Waals surface area (Å²) in [7, 11) is -0.536. The third kappa shape index (κ3) is 6.71. The number of ether oxygens (including phenoxy) is 3. The molecule has 1 aliphatic heterocycles. The van der Waals surface area contributed by atoms with Crippen molar-refractivity contribution in [1.29, 1.82) is 0 Å². The SMILES string of the molecule is CNC(=O)C(C)N(Cc1ccc(OC)cc1)C(=O)COc1ccc(S(=O)(=O)N2CCOCC2)cc1. The smallest absolute Gasteiger partial charge is 0.261 e. The molecule has 0 aliphatic carbocycles. The third-order valence-electron chi connectivity index (χ3n) is 5.72. The molecule has 0 spiro atoms. The maximum atomic E-state index is 13.0. The van der Waals surface area contributed by atoms with Crippen LogP contribution in [0.3, 0.4) is 0 Å². The van der Waals surface area contributed by atoms with Gasteiger partial charge < -0.3 is 24.4 Å². The summed E-state index contributed by atoms with van der Waals surface area (Å²) in [5, 5.41) is 2.56. The molecule has 10 nitrogen and oxygen atoms in total. The van der Waals surface area contributed by atoms with E-state index in [-0.39, 0.29) is 29.9 Å². The summed E-state index contributed by atoms with van der Waals surface area (Å²) in [6.07, 6.45) is 0. The van der Waals surface area contributed by atoms with Crippen LogP contribution in [0.2, 0.25) is 0 Å². The van der Waals surface area contributed by atoms with E-state index in [4.69, 9.17) is 14.2 Å². The number of methoxy groups -OCH3 is 1. The highest BCUT2D eigenvalue weighted by Crippen LogP contribution is 2.21. The molecule has 1 N–H and O–H groups in total. The molecule has 35 heavy (non-hydrogen) atoms. The summed E-state index contributed by atoms with van der Waals surface area (Å²) in [6, 6.07) is 12.4. The lowest BCUT2D eigenvalue weighted by molar-refractivity contribution is -0.142. The monoisotopic (exact) mass is 505 g/mol. The zero-order chi connectivity index (χ0) is 25.4. The number of likely N-dealkylation sites (N-methyl/N-ethyl adjacent to an activating group) is 1. The Bertz CT molecular complexity index is 1100. The van der Waals surface area contributed by atoms with Gasteiger partial charge in [-0.2, -0.15) is 4.31 Å². The number of benzene rings is 2. The number of carbonyl (C=O) groups is 2. The molecule has 0 aromatic heterocycles. The molecule has 1 aliphatic rings. The van der Waals surface area contributed by atoms with Crippen molar-refractivity contribution in [3.8, 4) is 11.5 Å². The predicted octanol–water partition coefficient (Wildman–Crippen LogP) is 1.26. The standard InChI is InChI=1S/C24H31N3O7S/c1-18(24(29)25-2)27(16-19-4-6-20(32-3)7-5-19)23(28)17-34-21-8-10-22(11-9-21)35(30,31)26-12-14-33-15-13-26/h4-11,18H,12-17H2,1-3H3,(H,25,29). The maximum Gasteiger partial charge on any atom is 0.261 e. The second-order valence-corrected chi connectivity index (χ2v) is 9.87. The highest BCUT2D eigenvalue weighted by Gasteiger charge is 2.27. The number of carbonyl (C=O) groups excluding carboxylic acids is 2. The van der Waals surface area contributed by atoms with Gasteiger partial charge in [0.25, 0.3) is 5.91 Å². The molecule has 2 aromatic rings. The number of nitrogens with zero attached hydrogens (tertiary/aromatic N) is 2. The molecule has 2 aromatic carbocycles. The van der Waals surface area contributed by atoms with Crippen LogP contribution in [0.25, 0.3) is 0 Å². The molecule has 11 heteroatoms. The quantitative estimate of drug-likeness (QED) is 0.517. The van der Waals surface area contributed by atoms with E-state index >= 15 is 0 Å². The van der Waals surface area contributed by atoms with Gasteiger partial charge in [-0.25, -0.2) is 8.42 Å². The Morgan fingerprint density at radius 3 is 2.23 bits per heavy atom. The number of nitrogens with one attached hydrogen (secondary N) is 1. The van der Waals surface area contributed by atoms with Crippen molar-refractivity contribution in [2.45, 2.75) is 24.4 Å². The molecule has 0 radical (unpaired) electrons. The predicted molar refractivity (Wildman–Crippen MR) is 129 cm³/mol. The first-order valence-corrected chi connectivity index (χ1v) is 12.6. The molecule has 2 amide bonds. The van der Waals surface area contributed by atoms with Gasteiger partial charge in [-0.1, -0.05) is 12.1 Å². The first kappa shape index (κ1) is 26.5. The van der Waals surface area contributed by atoms with E-state index in [1.807, 2.05) is 12.1 Å². The molecule has 1 saturated heterocycles. The molecule has 3 rings (SSSR count). The van der Waals surface area contributed by atoms with Crippen LogP contribution in [0.1, 0.15) is 12.5 Å². The van der Waals surface area contributed by atoms with Crippen LogP contribution < -0.4 is 14.8 Å². The second-order valence-electron chi connectivity index (χ2n) is 7.94. The molecule has 0 bridgehead atoms. The van der Waals surface area contributed by atoms with Gasteiger partial charge in [0, 0.05) is 26.7 Å². The minimum atomic E-state index is -3.62. The van der Waals surface area contributed by atoms with Crippen molar-refractivity contribution < 1.29 is 32.2 Å². The topological polar surface area (TPSA) is 114 Å². The van der Waals surface area contributed by atoms with Crippen LogP contribution in [0.4, 0.5) is 0 Å². The molecule has 190 valence electrons. The van der Waals surface area contributed by atoms with Crippen molar-refractivity contribution >= 4 is 21.8 Å². The van der Waals surface area contributed by atoms with Crippen LogP contribution >= 0.6 is 0 Å². The van der Waals surface area contributed by atoms with Crippen molar-refractivity contribution in [1.82, 2.24) is 14.5 Å². The van der Waals surface area contributed by atoms with Gasteiger partial charge in [0.1, 0.15) is 17.5 Å². The third-order valence-corrected chi connectivity index (χ3v) is 7.63. The molecule has 1 heterocycles. The zero-order valence-corrected chi connectivity index (χ0v) is 20.9. The fourth-order valence-corrected chi connectivity index (χ4v) is 5.00. The van der Waals surface area contributed by atoms with E-state index in [1.54, 1.807) is 26.2 Å². The molecular formula is C24H31N3O7S. The van der Waals surface area contributed by atoms with Gasteiger partial charge in [-0.15, -0.1) is 0 Å². The minimum absolute atomic E-state index is 0.146. The minimum Gasteiger partial charge on any atom is -0.497 e. The first-order chi connectivity index (χ1) is 16.8. The Labute approximate surface area is 205 Å². The highest BCUT2D eigenvalue weighted by molar-refractivity contribution is 7.89. The average Bonchev–Trinajstić information content (AvgIpc) is 2.90. The van der Waals surface area contributed by atoms with E-state index in [1.165, 1.54) is 40.5 Å². The van der Waals surface area contributed by atoms with Crippen molar-refractivity contribution in [2.24, 2.45) is 0 Å². The van der Waals surface area contributed by atoms with Crippen molar-refractivity contribution in [3.05, 3.63) is 54.1 Å². The Hall–Kier alpha value is -3.15. The van der Waals surface area contributed by atoms with Gasteiger partial charge in [-0.05, 0) is 48.9 Å². The Morgan fingerprint density at radius 2 is 1.66 bits per heavy atom. The van der Waals surface area contributed by atoms with Gasteiger partial charge in [0.05, 0.1) is 25.2 Å². The number of hydrogen-bond donors (Lipinski definition) is 1. The van der Waals surface area contributed by atoms with E-state index in [0.29, 0.717) is 37.8 Å². The van der Waals surface area contributed by atoms with E-state index in [0.717, 1.165) is 5.56 Å². The lowest BCUT2D eigenvalue weighted by Crippen LogP contribution is -2.48. The van der Waals surface area contributed by atoms with Crippen molar-refractivity contribution in [3.63, 3.8) is 0 Å². The average molecular weight is 506 g/mol. The lowest BCUT2D eigenvalue weighted by Gasteiger charge is -2.28. The Balaban J connectivity index is 1.67. The first-order valence-electron chi connectivity index (χ1n) is 11.2. The Kier molecular flexibility index (Phi) is 9.07. The lowest BCUT2D eigenvalue weighted by atomic mass is 10.1. The number of rotatable bonds is 10. The summed E-state index contributed by atoms with van der Waals surface area (Å²) in [5.74, 6) is 0.344. The normalized spacial score (nSPS) is 15.2. The highest BCUT2D eigenvalue weighted by atomic mass is 32.2. The summed E-state index contributed by atoms with van der Waals surface area (Å²) in [6.45, 7) is 2.88. The van der Waals surface area contributed by atoms with Crippen LogP contribution in [0.15, 0.2) is 53.4 Å². The van der Waals surface area contributed by atoms with Crippen molar-refractivity contribution in [2.75, 3.05) is 47.1 Å². The zero-order valence-electron chi connectivity index (χ0n) is 20.1. The van der Waals surface area contributed by atoms with Crippen LogP contribution in [-0.2, 0) is 30.9 Å². The molecule has 1 unspecified atom stereocenters. The Morgan fingerprint density at radius 1 is 1.06 bits per heavy atom.